The minimum atomic E-state index is -0.142. The zero-order valence-electron chi connectivity index (χ0n) is 28.8. The number of hydrogen-bond donors (Lipinski definition) is 0. The van der Waals surface area contributed by atoms with Crippen LogP contribution in [0.3, 0.4) is 0 Å². The van der Waals surface area contributed by atoms with Crippen molar-refractivity contribution in [3.8, 4) is 33.4 Å². The number of hydrogen-bond acceptors (Lipinski definition) is 1. The summed E-state index contributed by atoms with van der Waals surface area (Å²) < 4.78 is 6.27. The van der Waals surface area contributed by atoms with Crippen LogP contribution >= 0.6 is 0 Å². The van der Waals surface area contributed by atoms with Gasteiger partial charge in [0.25, 0.3) is 0 Å². The molecule has 0 aliphatic heterocycles. The van der Waals surface area contributed by atoms with Gasteiger partial charge < -0.3 is 4.42 Å². The van der Waals surface area contributed by atoms with Gasteiger partial charge in [-0.2, -0.15) is 0 Å². The molecule has 10 rings (SSSR count). The molecular weight excluding hydrogens is 605 g/mol. The molecule has 1 heterocycles. The van der Waals surface area contributed by atoms with E-state index < -0.39 is 0 Å². The van der Waals surface area contributed by atoms with E-state index in [1.54, 1.807) is 0 Å². The molecule has 0 radical (unpaired) electrons. The Morgan fingerprint density at radius 1 is 0.500 bits per heavy atom. The van der Waals surface area contributed by atoms with E-state index in [0.29, 0.717) is 0 Å². The van der Waals surface area contributed by atoms with E-state index in [1.165, 1.54) is 98.0 Å². The Bertz CT molecular complexity index is 3020. The number of rotatable bonds is 2. The summed E-state index contributed by atoms with van der Waals surface area (Å²) >= 11 is 0. The maximum atomic E-state index is 6.27. The van der Waals surface area contributed by atoms with Gasteiger partial charge >= 0.3 is 0 Å². The topological polar surface area (TPSA) is 13.1 Å². The highest BCUT2D eigenvalue weighted by molar-refractivity contribution is 6.20. The van der Waals surface area contributed by atoms with Crippen molar-refractivity contribution in [2.75, 3.05) is 0 Å². The average Bonchev–Trinajstić information content (AvgIpc) is 3.65. The largest absolute Gasteiger partial charge is 0.456 e. The summed E-state index contributed by atoms with van der Waals surface area (Å²) in [7, 11) is 0. The molecular formula is C49H36O. The van der Waals surface area contributed by atoms with Gasteiger partial charge in [-0.05, 0) is 125 Å². The van der Waals surface area contributed by atoms with E-state index >= 15 is 0 Å². The van der Waals surface area contributed by atoms with Crippen molar-refractivity contribution < 1.29 is 4.42 Å². The molecule has 0 saturated carbocycles. The van der Waals surface area contributed by atoms with Crippen molar-refractivity contribution in [3.05, 3.63) is 155 Å². The van der Waals surface area contributed by atoms with Gasteiger partial charge in [0.05, 0.1) is 0 Å². The van der Waals surface area contributed by atoms with Crippen LogP contribution in [0, 0.1) is 0 Å². The third-order valence-electron chi connectivity index (χ3n) is 11.4. The van der Waals surface area contributed by atoms with Crippen molar-refractivity contribution in [2.24, 2.45) is 0 Å². The summed E-state index contributed by atoms with van der Waals surface area (Å²) in [6.45, 7) is 9.06. The normalized spacial score (nSPS) is 14.4. The lowest BCUT2D eigenvalue weighted by molar-refractivity contribution is 0.665. The minimum Gasteiger partial charge on any atom is -0.456 e. The fraction of sp³-hybridized carbons (Fsp3) is 0.102. The van der Waals surface area contributed by atoms with Crippen LogP contribution in [0.25, 0.3) is 99.8 Å². The molecule has 0 amide bonds. The smallest absolute Gasteiger partial charge is 0.136 e. The molecule has 0 unspecified atom stereocenters. The molecule has 0 fully saturated rings. The fourth-order valence-corrected chi connectivity index (χ4v) is 9.14. The molecule has 1 heteroatoms. The monoisotopic (exact) mass is 640 g/mol. The molecule has 0 spiro atoms. The first-order chi connectivity index (χ1) is 24.5. The lowest BCUT2D eigenvalue weighted by Crippen LogP contribution is -2.26. The number of fused-ring (bicyclic) bond motifs is 11. The van der Waals surface area contributed by atoms with E-state index in [0.717, 1.165) is 11.2 Å². The van der Waals surface area contributed by atoms with Crippen molar-refractivity contribution in [2.45, 2.75) is 33.1 Å². The minimum absolute atomic E-state index is 0.142. The Labute approximate surface area is 291 Å². The van der Waals surface area contributed by atoms with Gasteiger partial charge in [-0.1, -0.05) is 135 Å². The second-order valence-electron chi connectivity index (χ2n) is 14.3. The third-order valence-corrected chi connectivity index (χ3v) is 11.4. The van der Waals surface area contributed by atoms with Gasteiger partial charge in [0.2, 0.25) is 0 Å². The standard InChI is InChI=1S/C49H36O/c1-5-29-27-30-13-7-8-14-34(30)46(32(29)6-2)37-21-20-33(35-15-9-10-16-36(35)37)31-19-25-43-42(28-31)40-23-22-38-39(48(40)49(43,3)4)24-26-45-47(38)41-17-11-12-18-44(41)50-45/h5-28H,1-4H3/b29-5-,32-6+. The predicted octanol–water partition coefficient (Wildman–Crippen LogP) is 12.3. The molecule has 1 aliphatic carbocycles. The molecule has 0 saturated heterocycles. The highest BCUT2D eigenvalue weighted by Gasteiger charge is 2.37. The van der Waals surface area contributed by atoms with Crippen LogP contribution in [-0.4, -0.2) is 0 Å². The van der Waals surface area contributed by atoms with Crippen molar-refractivity contribution in [1.82, 2.24) is 0 Å². The van der Waals surface area contributed by atoms with Gasteiger partial charge in [0.1, 0.15) is 11.2 Å². The van der Waals surface area contributed by atoms with E-state index in [2.05, 4.69) is 167 Å². The molecule has 8 aromatic carbocycles. The van der Waals surface area contributed by atoms with Gasteiger partial charge in [-0.25, -0.2) is 0 Å². The highest BCUT2D eigenvalue weighted by atomic mass is 16.3. The molecule has 238 valence electrons. The van der Waals surface area contributed by atoms with Crippen LogP contribution in [-0.2, 0) is 5.41 Å². The maximum Gasteiger partial charge on any atom is 0.136 e. The van der Waals surface area contributed by atoms with Gasteiger partial charge in [-0.3, -0.25) is 0 Å². The van der Waals surface area contributed by atoms with Gasteiger partial charge in [0.15, 0.2) is 0 Å². The SMILES string of the molecule is C/C=c1/cc2ccccc2c(-c2ccc(-c3ccc4c(c3)-c3ccc5c(ccc6oc7ccccc7c65)c3C4(C)C)c3ccccc23)/c1=C/C. The Hall–Kier alpha value is -5.92. The Morgan fingerprint density at radius 2 is 1.18 bits per heavy atom. The van der Waals surface area contributed by atoms with E-state index in [9.17, 15) is 0 Å². The van der Waals surface area contributed by atoms with Crippen LogP contribution in [0.15, 0.2) is 138 Å². The summed E-state index contributed by atoms with van der Waals surface area (Å²) in [4.78, 5) is 0. The average molecular weight is 641 g/mol. The molecule has 9 aromatic rings. The molecule has 1 aromatic heterocycles. The maximum absolute atomic E-state index is 6.27. The van der Waals surface area contributed by atoms with Crippen LogP contribution in [0.1, 0.15) is 38.8 Å². The van der Waals surface area contributed by atoms with Crippen molar-refractivity contribution in [3.63, 3.8) is 0 Å². The number of para-hydroxylation sites is 1. The van der Waals surface area contributed by atoms with E-state index in [-0.39, 0.29) is 5.41 Å². The van der Waals surface area contributed by atoms with E-state index in [4.69, 9.17) is 4.42 Å². The third kappa shape index (κ3) is 3.89. The number of benzene rings is 8. The molecule has 0 bridgehead atoms. The number of furan rings is 1. The first-order valence-corrected chi connectivity index (χ1v) is 17.7. The summed E-state index contributed by atoms with van der Waals surface area (Å²) in [6.07, 6.45) is 4.50. The lowest BCUT2D eigenvalue weighted by atomic mass is 9.79. The zero-order chi connectivity index (χ0) is 33.7. The van der Waals surface area contributed by atoms with Crippen LogP contribution < -0.4 is 10.4 Å². The summed E-state index contributed by atoms with van der Waals surface area (Å²) in [5.41, 5.74) is 12.3. The highest BCUT2D eigenvalue weighted by Crippen LogP contribution is 2.53. The summed E-state index contributed by atoms with van der Waals surface area (Å²) in [6, 6.07) is 49.4. The van der Waals surface area contributed by atoms with Gasteiger partial charge in [-0.15, -0.1) is 0 Å². The Morgan fingerprint density at radius 3 is 1.98 bits per heavy atom. The summed E-state index contributed by atoms with van der Waals surface area (Å²) in [5, 5.41) is 12.6. The molecule has 1 nitrogen and oxygen atoms in total. The first-order valence-electron chi connectivity index (χ1n) is 17.7. The molecule has 50 heavy (non-hydrogen) atoms. The second-order valence-corrected chi connectivity index (χ2v) is 14.3. The Balaban J connectivity index is 1.19. The van der Waals surface area contributed by atoms with Crippen LogP contribution in [0.5, 0.6) is 0 Å². The van der Waals surface area contributed by atoms with Gasteiger partial charge in [0, 0.05) is 16.2 Å². The van der Waals surface area contributed by atoms with Crippen LogP contribution in [0.2, 0.25) is 0 Å². The zero-order valence-corrected chi connectivity index (χ0v) is 28.8. The van der Waals surface area contributed by atoms with Crippen LogP contribution in [0.4, 0.5) is 0 Å². The van der Waals surface area contributed by atoms with E-state index in [1.807, 2.05) is 6.07 Å². The molecule has 0 atom stereocenters. The molecule has 0 N–H and O–H groups in total. The quantitative estimate of drug-likeness (QED) is 0.183. The fourth-order valence-electron chi connectivity index (χ4n) is 9.14. The van der Waals surface area contributed by atoms with Crippen molar-refractivity contribution in [1.29, 1.82) is 0 Å². The lowest BCUT2D eigenvalue weighted by Gasteiger charge is -2.23. The van der Waals surface area contributed by atoms with Crippen molar-refractivity contribution >= 4 is 66.4 Å². The predicted molar refractivity (Wildman–Crippen MR) is 214 cm³/mol. The first kappa shape index (κ1) is 29.0. The second kappa shape index (κ2) is 10.5. The Kier molecular flexibility index (Phi) is 6.12. The molecule has 1 aliphatic rings. The summed E-state index contributed by atoms with van der Waals surface area (Å²) in [5.74, 6) is 0.